The van der Waals surface area contributed by atoms with E-state index in [0.717, 1.165) is 38.5 Å². The van der Waals surface area contributed by atoms with Gasteiger partial charge in [0.2, 0.25) is 0 Å². The largest absolute Gasteiger partial charge is 0.462 e. The van der Waals surface area contributed by atoms with E-state index in [2.05, 4.69) is 19.9 Å². The van der Waals surface area contributed by atoms with Gasteiger partial charge in [0, 0.05) is 39.5 Å². The summed E-state index contributed by atoms with van der Waals surface area (Å²) in [5.74, 6) is -0.409. The van der Waals surface area contributed by atoms with E-state index >= 15 is 0 Å². The molecule has 1 spiro atoms. The highest BCUT2D eigenvalue weighted by atomic mass is 16.7. The fourth-order valence-corrected chi connectivity index (χ4v) is 9.16. The van der Waals surface area contributed by atoms with Gasteiger partial charge in [-0.2, -0.15) is 0 Å². The average molecular weight is 547 g/mol. The SMILES string of the molecule is CC(=O)OCC(OC(C)=O)C1OC12[C@H](OC(C)=O)CC1C3CC=C4C[C@@H](OC(C)=O)CC[C@]4(C)C3CC[C@@]12C. The van der Waals surface area contributed by atoms with Crippen molar-refractivity contribution in [3.05, 3.63) is 11.6 Å². The number of fused-ring (bicyclic) bond motifs is 6. The van der Waals surface area contributed by atoms with Crippen molar-refractivity contribution in [3.8, 4) is 0 Å². The molecule has 0 aromatic rings. The van der Waals surface area contributed by atoms with Crippen LogP contribution in [0.1, 0.15) is 86.5 Å². The molecule has 0 aromatic heterocycles. The van der Waals surface area contributed by atoms with Gasteiger partial charge in [0.25, 0.3) is 0 Å². The summed E-state index contributed by atoms with van der Waals surface area (Å²) in [6, 6.07) is 0. The molecule has 3 saturated carbocycles. The van der Waals surface area contributed by atoms with Crippen molar-refractivity contribution in [3.63, 3.8) is 0 Å². The maximum absolute atomic E-state index is 12.2. The van der Waals surface area contributed by atoms with Crippen LogP contribution in [0.25, 0.3) is 0 Å². The molecule has 0 radical (unpaired) electrons. The van der Waals surface area contributed by atoms with Crippen LogP contribution in [0.3, 0.4) is 0 Å². The Bertz CT molecular complexity index is 1080. The Balaban J connectivity index is 1.44. The highest BCUT2D eigenvalue weighted by Crippen LogP contribution is 2.73. The molecule has 4 aliphatic carbocycles. The molecule has 4 fully saturated rings. The molecule has 216 valence electrons. The lowest BCUT2D eigenvalue weighted by atomic mass is 9.47. The Morgan fingerprint density at radius 3 is 2.31 bits per heavy atom. The van der Waals surface area contributed by atoms with Gasteiger partial charge in [-0.05, 0) is 61.7 Å². The molecule has 0 amide bonds. The molecule has 1 saturated heterocycles. The zero-order valence-electron chi connectivity index (χ0n) is 23.9. The van der Waals surface area contributed by atoms with E-state index in [0.29, 0.717) is 18.3 Å². The monoisotopic (exact) mass is 546 g/mol. The van der Waals surface area contributed by atoms with Crippen LogP contribution in [0.4, 0.5) is 0 Å². The second-order valence-corrected chi connectivity index (χ2v) is 12.8. The molecule has 0 aromatic carbocycles. The number of epoxide rings is 1. The molecule has 9 nitrogen and oxygen atoms in total. The van der Waals surface area contributed by atoms with Crippen LogP contribution in [0.2, 0.25) is 0 Å². The van der Waals surface area contributed by atoms with Crippen LogP contribution in [-0.2, 0) is 42.9 Å². The lowest BCUT2D eigenvalue weighted by Gasteiger charge is -2.57. The molecule has 10 atom stereocenters. The minimum atomic E-state index is -0.799. The van der Waals surface area contributed by atoms with Crippen LogP contribution in [0.15, 0.2) is 11.6 Å². The number of carbonyl (C=O) groups is 4. The fraction of sp³-hybridized carbons (Fsp3) is 0.800. The van der Waals surface area contributed by atoms with Crippen molar-refractivity contribution in [2.75, 3.05) is 6.61 Å². The molecule has 6 unspecified atom stereocenters. The van der Waals surface area contributed by atoms with E-state index < -0.39 is 35.9 Å². The first-order chi connectivity index (χ1) is 18.3. The third-order valence-corrected chi connectivity index (χ3v) is 10.7. The van der Waals surface area contributed by atoms with E-state index in [1.54, 1.807) is 0 Å². The number of hydrogen-bond acceptors (Lipinski definition) is 9. The number of allylic oxidation sites excluding steroid dienone is 1. The van der Waals surface area contributed by atoms with Gasteiger partial charge in [0.15, 0.2) is 6.10 Å². The third-order valence-electron chi connectivity index (χ3n) is 10.7. The predicted molar refractivity (Wildman–Crippen MR) is 138 cm³/mol. The number of ether oxygens (including phenoxy) is 5. The predicted octanol–water partition coefficient (Wildman–Crippen LogP) is 4.05. The number of carbonyl (C=O) groups excluding carboxylic acids is 4. The molecule has 1 aliphatic heterocycles. The Labute approximate surface area is 230 Å². The molecule has 5 rings (SSSR count). The van der Waals surface area contributed by atoms with E-state index in [4.69, 9.17) is 23.7 Å². The fourth-order valence-electron chi connectivity index (χ4n) is 9.16. The summed E-state index contributed by atoms with van der Waals surface area (Å²) in [4.78, 5) is 47.3. The van der Waals surface area contributed by atoms with Gasteiger partial charge < -0.3 is 23.7 Å². The van der Waals surface area contributed by atoms with Gasteiger partial charge in [-0.25, -0.2) is 0 Å². The van der Waals surface area contributed by atoms with Gasteiger partial charge in [-0.1, -0.05) is 25.5 Å². The Hall–Kier alpha value is -2.42. The van der Waals surface area contributed by atoms with Gasteiger partial charge in [0.05, 0.1) is 0 Å². The van der Waals surface area contributed by atoms with Crippen LogP contribution in [-0.4, -0.2) is 60.5 Å². The normalized spacial score (nSPS) is 42.7. The molecule has 1 heterocycles. The zero-order chi connectivity index (χ0) is 28.3. The smallest absolute Gasteiger partial charge is 0.303 e. The van der Waals surface area contributed by atoms with Gasteiger partial charge in [0.1, 0.15) is 30.5 Å². The van der Waals surface area contributed by atoms with Crippen molar-refractivity contribution in [2.45, 2.75) is 117 Å². The number of rotatable bonds is 6. The molecule has 9 heteroatoms. The summed E-state index contributed by atoms with van der Waals surface area (Å²) >= 11 is 0. The maximum Gasteiger partial charge on any atom is 0.303 e. The summed E-state index contributed by atoms with van der Waals surface area (Å²) in [5, 5.41) is 0. The molecule has 0 bridgehead atoms. The Morgan fingerprint density at radius 1 is 0.949 bits per heavy atom. The number of hydrogen-bond donors (Lipinski definition) is 0. The van der Waals surface area contributed by atoms with Crippen molar-refractivity contribution in [2.24, 2.45) is 28.6 Å². The van der Waals surface area contributed by atoms with Gasteiger partial charge in [-0.15, -0.1) is 0 Å². The maximum atomic E-state index is 12.2. The second kappa shape index (κ2) is 9.89. The first-order valence-electron chi connectivity index (χ1n) is 14.3. The lowest BCUT2D eigenvalue weighted by Crippen LogP contribution is -2.54. The topological polar surface area (TPSA) is 118 Å². The molecule has 39 heavy (non-hydrogen) atoms. The Kier molecular flexibility index (Phi) is 7.13. The Morgan fingerprint density at radius 2 is 1.67 bits per heavy atom. The summed E-state index contributed by atoms with van der Waals surface area (Å²) < 4.78 is 28.9. The van der Waals surface area contributed by atoms with Crippen LogP contribution in [0, 0.1) is 28.6 Å². The van der Waals surface area contributed by atoms with Crippen LogP contribution < -0.4 is 0 Å². The number of esters is 4. The van der Waals surface area contributed by atoms with E-state index in [1.807, 2.05) is 0 Å². The molecular weight excluding hydrogens is 504 g/mol. The average Bonchev–Trinajstić information content (AvgIpc) is 3.54. The highest BCUT2D eigenvalue weighted by Gasteiger charge is 2.81. The van der Waals surface area contributed by atoms with Crippen molar-refractivity contribution < 1.29 is 42.9 Å². The van der Waals surface area contributed by atoms with Crippen LogP contribution in [0.5, 0.6) is 0 Å². The van der Waals surface area contributed by atoms with E-state index in [-0.39, 0.29) is 41.4 Å². The van der Waals surface area contributed by atoms with Crippen molar-refractivity contribution in [1.29, 1.82) is 0 Å². The minimum Gasteiger partial charge on any atom is -0.462 e. The molecule has 0 N–H and O–H groups in total. The van der Waals surface area contributed by atoms with Crippen molar-refractivity contribution in [1.82, 2.24) is 0 Å². The summed E-state index contributed by atoms with van der Waals surface area (Å²) in [6.07, 6.45) is 6.72. The third kappa shape index (κ3) is 4.58. The standard InChI is InChI=1S/C30H42O9/c1-16(31)35-15-25(37-18(3)33)27-30(39-27)26(38-19(4)34)14-24-22-8-7-20-13-21(36-17(2)32)9-11-28(20,5)23(22)10-12-29(24,30)6/h7,21-27H,8-15H2,1-6H3/t21-,22?,23?,24?,25?,26+,27?,28-,29-,30?/m0/s1. The molecule has 5 aliphatic rings. The zero-order valence-corrected chi connectivity index (χ0v) is 23.9. The first-order valence-corrected chi connectivity index (χ1v) is 14.3. The van der Waals surface area contributed by atoms with E-state index in [1.165, 1.54) is 33.3 Å². The molecular formula is C30H42O9. The van der Waals surface area contributed by atoms with E-state index in [9.17, 15) is 19.2 Å². The summed E-state index contributed by atoms with van der Waals surface area (Å²) in [7, 11) is 0. The summed E-state index contributed by atoms with van der Waals surface area (Å²) in [5.41, 5.74) is 0.356. The highest BCUT2D eigenvalue weighted by molar-refractivity contribution is 5.68. The minimum absolute atomic E-state index is 0.0486. The second-order valence-electron chi connectivity index (χ2n) is 12.8. The van der Waals surface area contributed by atoms with Crippen molar-refractivity contribution >= 4 is 23.9 Å². The first kappa shape index (κ1) is 28.1. The van der Waals surface area contributed by atoms with Gasteiger partial charge in [-0.3, -0.25) is 19.2 Å². The van der Waals surface area contributed by atoms with Crippen LogP contribution >= 0.6 is 0 Å². The van der Waals surface area contributed by atoms with Gasteiger partial charge >= 0.3 is 23.9 Å². The summed E-state index contributed by atoms with van der Waals surface area (Å²) in [6.45, 7) is 10.0. The lowest BCUT2D eigenvalue weighted by molar-refractivity contribution is -0.158. The quantitative estimate of drug-likeness (QED) is 0.210.